The van der Waals surface area contributed by atoms with Gasteiger partial charge in [0, 0.05) is 23.5 Å². The zero-order valence-corrected chi connectivity index (χ0v) is 12.6. The van der Waals surface area contributed by atoms with Crippen molar-refractivity contribution in [3.63, 3.8) is 0 Å². The van der Waals surface area contributed by atoms with E-state index in [0.29, 0.717) is 10.7 Å². The van der Waals surface area contributed by atoms with Gasteiger partial charge in [0.1, 0.15) is 0 Å². The number of carbonyl (C=O) groups is 1. The number of thiocarbonyl (C=S) groups is 1. The van der Waals surface area contributed by atoms with Crippen molar-refractivity contribution in [3.05, 3.63) is 59.7 Å². The van der Waals surface area contributed by atoms with Crippen LogP contribution in [-0.4, -0.2) is 17.4 Å². The molecule has 1 aliphatic rings. The van der Waals surface area contributed by atoms with E-state index in [0.717, 1.165) is 18.7 Å². The summed E-state index contributed by atoms with van der Waals surface area (Å²) in [5.74, 6) is 0.0672. The van der Waals surface area contributed by atoms with Gasteiger partial charge in [0.15, 0.2) is 10.9 Å². The minimum atomic E-state index is 0.0672. The van der Waals surface area contributed by atoms with E-state index in [9.17, 15) is 4.79 Å². The molecule has 1 N–H and O–H groups in total. The maximum Gasteiger partial charge on any atom is 0.177 e. The van der Waals surface area contributed by atoms with Crippen LogP contribution in [0.2, 0.25) is 0 Å². The van der Waals surface area contributed by atoms with Crippen LogP contribution in [0, 0.1) is 0 Å². The first-order valence-corrected chi connectivity index (χ1v) is 7.33. The molecule has 0 bridgehead atoms. The Morgan fingerprint density at radius 3 is 2.57 bits per heavy atom. The summed E-state index contributed by atoms with van der Waals surface area (Å²) in [6.07, 6.45) is 1.02. The molecule has 0 unspecified atom stereocenters. The average molecular weight is 296 g/mol. The highest BCUT2D eigenvalue weighted by Crippen LogP contribution is 2.28. The summed E-state index contributed by atoms with van der Waals surface area (Å²) in [5, 5.41) is 3.93. The standard InChI is InChI=1S/C17H16N2OS/c1-12(20)13-6-8-15(9-7-13)18-17(21)19-11-10-14-4-2-3-5-16(14)19/h2-9H,10-11H2,1H3,(H,18,21). The Kier molecular flexibility index (Phi) is 3.71. The van der Waals surface area contributed by atoms with Gasteiger partial charge < -0.3 is 10.2 Å². The second-order valence-electron chi connectivity index (χ2n) is 5.09. The normalized spacial score (nSPS) is 12.9. The largest absolute Gasteiger partial charge is 0.332 e. The molecule has 2 aromatic rings. The number of carbonyl (C=O) groups excluding carboxylic acids is 1. The maximum absolute atomic E-state index is 11.3. The molecule has 3 nitrogen and oxygen atoms in total. The molecule has 1 heterocycles. The lowest BCUT2D eigenvalue weighted by molar-refractivity contribution is 0.101. The van der Waals surface area contributed by atoms with Crippen molar-refractivity contribution >= 4 is 34.5 Å². The van der Waals surface area contributed by atoms with E-state index in [1.54, 1.807) is 6.92 Å². The first-order valence-electron chi connectivity index (χ1n) is 6.92. The van der Waals surface area contributed by atoms with E-state index < -0.39 is 0 Å². The third kappa shape index (κ3) is 2.81. The number of hydrogen-bond acceptors (Lipinski definition) is 2. The van der Waals surface area contributed by atoms with Crippen LogP contribution in [0.4, 0.5) is 11.4 Å². The van der Waals surface area contributed by atoms with Gasteiger partial charge in [-0.25, -0.2) is 0 Å². The molecule has 0 atom stereocenters. The Hall–Kier alpha value is -2.20. The maximum atomic E-state index is 11.3. The summed E-state index contributed by atoms with van der Waals surface area (Å²) in [5.41, 5.74) is 4.11. The molecule has 2 aromatic carbocycles. The highest BCUT2D eigenvalue weighted by molar-refractivity contribution is 7.80. The van der Waals surface area contributed by atoms with Crippen molar-refractivity contribution in [3.8, 4) is 0 Å². The highest BCUT2D eigenvalue weighted by Gasteiger charge is 2.21. The number of anilines is 2. The molecule has 0 saturated carbocycles. The number of benzene rings is 2. The molecule has 0 spiro atoms. The van der Waals surface area contributed by atoms with Gasteiger partial charge in [-0.3, -0.25) is 4.79 Å². The highest BCUT2D eigenvalue weighted by atomic mass is 32.1. The number of rotatable bonds is 2. The van der Waals surface area contributed by atoms with Crippen LogP contribution < -0.4 is 10.2 Å². The number of fused-ring (bicyclic) bond motifs is 1. The third-order valence-electron chi connectivity index (χ3n) is 3.68. The summed E-state index contributed by atoms with van der Waals surface area (Å²) in [6, 6.07) is 15.7. The molecule has 4 heteroatoms. The van der Waals surface area contributed by atoms with Crippen molar-refractivity contribution in [2.45, 2.75) is 13.3 Å². The van der Waals surface area contributed by atoms with Crippen LogP contribution in [0.3, 0.4) is 0 Å². The third-order valence-corrected chi connectivity index (χ3v) is 4.00. The molecule has 3 rings (SSSR count). The lowest BCUT2D eigenvalue weighted by atomic mass is 10.1. The molecule has 1 aliphatic heterocycles. The zero-order valence-electron chi connectivity index (χ0n) is 11.8. The van der Waals surface area contributed by atoms with E-state index in [-0.39, 0.29) is 5.78 Å². The molecule has 0 radical (unpaired) electrons. The SMILES string of the molecule is CC(=O)c1ccc(NC(=S)N2CCc3ccccc32)cc1. The Labute approximate surface area is 129 Å². The first kappa shape index (κ1) is 13.8. The molecule has 0 amide bonds. The van der Waals surface area contributed by atoms with Gasteiger partial charge in [-0.15, -0.1) is 0 Å². The fourth-order valence-corrected chi connectivity index (χ4v) is 2.84. The smallest absolute Gasteiger partial charge is 0.177 e. The second-order valence-corrected chi connectivity index (χ2v) is 5.48. The van der Waals surface area contributed by atoms with E-state index in [1.165, 1.54) is 11.3 Å². The number of Topliss-reactive ketones (excluding diaryl/α,β-unsaturated/α-hetero) is 1. The summed E-state index contributed by atoms with van der Waals surface area (Å²) >= 11 is 5.50. The minimum absolute atomic E-state index is 0.0672. The fraction of sp³-hybridized carbons (Fsp3) is 0.176. The quantitative estimate of drug-likeness (QED) is 0.677. The summed E-state index contributed by atoms with van der Waals surface area (Å²) in [7, 11) is 0. The van der Waals surface area contributed by atoms with Crippen LogP contribution >= 0.6 is 12.2 Å². The van der Waals surface area contributed by atoms with Crippen molar-refractivity contribution < 1.29 is 4.79 Å². The van der Waals surface area contributed by atoms with Crippen LogP contribution in [-0.2, 0) is 6.42 Å². The molecular weight excluding hydrogens is 280 g/mol. The van der Waals surface area contributed by atoms with E-state index in [1.807, 2.05) is 30.3 Å². The van der Waals surface area contributed by atoms with E-state index >= 15 is 0 Å². The lowest BCUT2D eigenvalue weighted by Crippen LogP contribution is -2.33. The fourth-order valence-electron chi connectivity index (χ4n) is 2.53. The molecular formula is C17H16N2OS. The lowest BCUT2D eigenvalue weighted by Gasteiger charge is -2.21. The van der Waals surface area contributed by atoms with Crippen LogP contribution in [0.5, 0.6) is 0 Å². The molecule has 0 aromatic heterocycles. The Morgan fingerprint density at radius 1 is 1.14 bits per heavy atom. The number of nitrogens with zero attached hydrogens (tertiary/aromatic N) is 1. The van der Waals surface area contributed by atoms with Gasteiger partial charge in [-0.2, -0.15) is 0 Å². The second kappa shape index (κ2) is 5.66. The van der Waals surface area contributed by atoms with E-state index in [4.69, 9.17) is 12.2 Å². The monoisotopic (exact) mass is 296 g/mol. The first-order chi connectivity index (χ1) is 10.1. The van der Waals surface area contributed by atoms with Crippen LogP contribution in [0.15, 0.2) is 48.5 Å². The van der Waals surface area contributed by atoms with Gasteiger partial charge in [0.25, 0.3) is 0 Å². The van der Waals surface area contributed by atoms with Crippen molar-refractivity contribution in [1.82, 2.24) is 0 Å². The van der Waals surface area contributed by atoms with Gasteiger partial charge in [-0.1, -0.05) is 18.2 Å². The van der Waals surface area contributed by atoms with Gasteiger partial charge >= 0.3 is 0 Å². The molecule has 0 fully saturated rings. The topological polar surface area (TPSA) is 32.3 Å². The zero-order chi connectivity index (χ0) is 14.8. The molecule has 0 aliphatic carbocycles. The number of ketones is 1. The van der Waals surface area contributed by atoms with Crippen LogP contribution in [0.25, 0.3) is 0 Å². The number of nitrogens with one attached hydrogen (secondary N) is 1. The van der Waals surface area contributed by atoms with Crippen molar-refractivity contribution in [2.24, 2.45) is 0 Å². The molecule has 21 heavy (non-hydrogen) atoms. The predicted molar refractivity (Wildman–Crippen MR) is 90.2 cm³/mol. The van der Waals surface area contributed by atoms with Crippen LogP contribution in [0.1, 0.15) is 22.8 Å². The Morgan fingerprint density at radius 2 is 1.86 bits per heavy atom. The Bertz CT molecular complexity index is 694. The average Bonchev–Trinajstić information content (AvgIpc) is 2.92. The summed E-state index contributed by atoms with van der Waals surface area (Å²) in [4.78, 5) is 13.4. The summed E-state index contributed by atoms with van der Waals surface area (Å²) in [6.45, 7) is 2.46. The van der Waals surface area contributed by atoms with Gasteiger partial charge in [0.2, 0.25) is 0 Å². The Balaban J connectivity index is 1.74. The molecule has 0 saturated heterocycles. The summed E-state index contributed by atoms with van der Waals surface area (Å²) < 4.78 is 0. The predicted octanol–water partition coefficient (Wildman–Crippen LogP) is 3.65. The van der Waals surface area contributed by atoms with Gasteiger partial charge in [0.05, 0.1) is 0 Å². The molecule has 106 valence electrons. The van der Waals surface area contributed by atoms with E-state index in [2.05, 4.69) is 28.4 Å². The van der Waals surface area contributed by atoms with Gasteiger partial charge in [-0.05, 0) is 61.5 Å². The van der Waals surface area contributed by atoms with Crippen molar-refractivity contribution in [1.29, 1.82) is 0 Å². The van der Waals surface area contributed by atoms with Crippen molar-refractivity contribution in [2.75, 3.05) is 16.8 Å². The number of hydrogen-bond donors (Lipinski definition) is 1. The minimum Gasteiger partial charge on any atom is -0.332 e. The number of para-hydroxylation sites is 1.